The molecule has 1 heterocycles. The standard InChI is InChI=1S/C9H10BNO/c1-12-8-3-2-7(10)9-6(8)4-5-11-9/h2-5,11H,10H2,1H3. The molecule has 2 aromatic rings. The van der Waals surface area contributed by atoms with E-state index in [1.807, 2.05) is 18.3 Å². The van der Waals surface area contributed by atoms with Crippen molar-refractivity contribution in [2.75, 3.05) is 7.11 Å². The van der Waals surface area contributed by atoms with Gasteiger partial charge >= 0.3 is 0 Å². The van der Waals surface area contributed by atoms with Gasteiger partial charge in [0.2, 0.25) is 0 Å². The quantitative estimate of drug-likeness (QED) is 0.599. The fourth-order valence-electron chi connectivity index (χ4n) is 1.45. The first-order valence-corrected chi connectivity index (χ1v) is 3.93. The average Bonchev–Trinajstić information content (AvgIpc) is 2.54. The van der Waals surface area contributed by atoms with Crippen LogP contribution in [-0.2, 0) is 0 Å². The number of rotatable bonds is 1. The van der Waals surface area contributed by atoms with E-state index in [9.17, 15) is 0 Å². The van der Waals surface area contributed by atoms with Crippen LogP contribution in [0.15, 0.2) is 24.4 Å². The van der Waals surface area contributed by atoms with Gasteiger partial charge in [0.25, 0.3) is 0 Å². The Morgan fingerprint density at radius 2 is 2.17 bits per heavy atom. The lowest BCUT2D eigenvalue weighted by Crippen LogP contribution is -2.03. The molecule has 1 aromatic heterocycles. The molecule has 12 heavy (non-hydrogen) atoms. The Labute approximate surface area is 72.0 Å². The first kappa shape index (κ1) is 7.28. The van der Waals surface area contributed by atoms with Crippen LogP contribution in [0.4, 0.5) is 0 Å². The van der Waals surface area contributed by atoms with Gasteiger partial charge in [-0.15, -0.1) is 0 Å². The number of ether oxygens (including phenoxy) is 1. The van der Waals surface area contributed by atoms with Crippen LogP contribution in [-0.4, -0.2) is 19.9 Å². The SMILES string of the molecule is Bc1ccc(OC)c2cc[nH]c12. The summed E-state index contributed by atoms with van der Waals surface area (Å²) in [4.78, 5) is 3.18. The second-order valence-corrected chi connectivity index (χ2v) is 2.85. The minimum atomic E-state index is 0.928. The summed E-state index contributed by atoms with van der Waals surface area (Å²) in [5, 5.41) is 1.15. The Kier molecular flexibility index (Phi) is 1.57. The van der Waals surface area contributed by atoms with Gasteiger partial charge < -0.3 is 9.72 Å². The maximum Gasteiger partial charge on any atom is 0.142 e. The second kappa shape index (κ2) is 2.59. The summed E-state index contributed by atoms with van der Waals surface area (Å²) in [6.45, 7) is 0. The van der Waals surface area contributed by atoms with Crippen molar-refractivity contribution < 1.29 is 4.74 Å². The Morgan fingerprint density at radius 3 is 2.92 bits per heavy atom. The summed E-state index contributed by atoms with van der Waals surface area (Å²) in [5.74, 6) is 0.928. The van der Waals surface area contributed by atoms with E-state index in [1.54, 1.807) is 7.11 Å². The van der Waals surface area contributed by atoms with Gasteiger partial charge in [-0.3, -0.25) is 0 Å². The van der Waals surface area contributed by atoms with E-state index in [4.69, 9.17) is 4.74 Å². The van der Waals surface area contributed by atoms with Crippen LogP contribution in [0, 0.1) is 0 Å². The third-order valence-corrected chi connectivity index (χ3v) is 2.11. The number of hydrogen-bond donors (Lipinski definition) is 1. The van der Waals surface area contributed by atoms with E-state index >= 15 is 0 Å². The van der Waals surface area contributed by atoms with Crippen molar-refractivity contribution in [1.82, 2.24) is 4.98 Å². The van der Waals surface area contributed by atoms with Crippen LogP contribution in [0.1, 0.15) is 0 Å². The highest BCUT2D eigenvalue weighted by Gasteiger charge is 2.02. The molecule has 0 saturated heterocycles. The maximum absolute atomic E-state index is 5.22. The Bertz CT molecular complexity index is 408. The normalized spacial score (nSPS) is 10.4. The zero-order valence-electron chi connectivity index (χ0n) is 7.22. The zero-order valence-corrected chi connectivity index (χ0v) is 7.22. The molecule has 0 atom stereocenters. The fraction of sp³-hybridized carbons (Fsp3) is 0.111. The summed E-state index contributed by atoms with van der Waals surface area (Å²) in [6.07, 6.45) is 1.93. The molecule has 0 radical (unpaired) electrons. The lowest BCUT2D eigenvalue weighted by atomic mass is 9.94. The molecular weight excluding hydrogens is 149 g/mol. The van der Waals surface area contributed by atoms with Crippen LogP contribution in [0.5, 0.6) is 5.75 Å². The van der Waals surface area contributed by atoms with E-state index in [0.29, 0.717) is 0 Å². The fourth-order valence-corrected chi connectivity index (χ4v) is 1.45. The van der Waals surface area contributed by atoms with Crippen molar-refractivity contribution in [3.05, 3.63) is 24.4 Å². The van der Waals surface area contributed by atoms with Gasteiger partial charge in [-0.2, -0.15) is 0 Å². The van der Waals surface area contributed by atoms with Crippen LogP contribution in [0.25, 0.3) is 10.9 Å². The summed E-state index contributed by atoms with van der Waals surface area (Å²) >= 11 is 0. The minimum Gasteiger partial charge on any atom is -0.496 e. The summed E-state index contributed by atoms with van der Waals surface area (Å²) in [6, 6.07) is 6.07. The first-order chi connectivity index (χ1) is 5.83. The Balaban J connectivity index is 2.82. The van der Waals surface area contributed by atoms with Crippen molar-refractivity contribution in [3.63, 3.8) is 0 Å². The Morgan fingerprint density at radius 1 is 1.33 bits per heavy atom. The number of fused-ring (bicyclic) bond motifs is 1. The molecule has 3 heteroatoms. The lowest BCUT2D eigenvalue weighted by Gasteiger charge is -2.02. The smallest absolute Gasteiger partial charge is 0.142 e. The highest BCUT2D eigenvalue weighted by Crippen LogP contribution is 2.21. The maximum atomic E-state index is 5.22. The third-order valence-electron chi connectivity index (χ3n) is 2.11. The van der Waals surface area contributed by atoms with Crippen molar-refractivity contribution in [1.29, 1.82) is 0 Å². The second-order valence-electron chi connectivity index (χ2n) is 2.85. The zero-order chi connectivity index (χ0) is 8.55. The van der Waals surface area contributed by atoms with Crippen molar-refractivity contribution in [2.45, 2.75) is 0 Å². The monoisotopic (exact) mass is 159 g/mol. The molecule has 0 unspecified atom stereocenters. The number of benzene rings is 1. The molecule has 1 aromatic carbocycles. The van der Waals surface area contributed by atoms with Crippen LogP contribution >= 0.6 is 0 Å². The topological polar surface area (TPSA) is 25.0 Å². The van der Waals surface area contributed by atoms with E-state index in [1.165, 1.54) is 5.46 Å². The van der Waals surface area contributed by atoms with Crippen LogP contribution in [0.3, 0.4) is 0 Å². The molecule has 1 N–H and O–H groups in total. The van der Waals surface area contributed by atoms with E-state index < -0.39 is 0 Å². The lowest BCUT2D eigenvalue weighted by molar-refractivity contribution is 0.420. The van der Waals surface area contributed by atoms with Gasteiger partial charge in [-0.25, -0.2) is 0 Å². The van der Waals surface area contributed by atoms with E-state index in [-0.39, 0.29) is 0 Å². The number of nitrogens with one attached hydrogen (secondary N) is 1. The van der Waals surface area contributed by atoms with Gasteiger partial charge in [0, 0.05) is 17.1 Å². The number of aromatic amines is 1. The molecule has 2 nitrogen and oxygen atoms in total. The highest BCUT2D eigenvalue weighted by atomic mass is 16.5. The number of methoxy groups -OCH3 is 1. The van der Waals surface area contributed by atoms with Gasteiger partial charge in [0.15, 0.2) is 0 Å². The number of H-pyrrole nitrogens is 1. The van der Waals surface area contributed by atoms with Gasteiger partial charge in [-0.1, -0.05) is 11.5 Å². The molecule has 0 amide bonds. The number of aromatic nitrogens is 1. The van der Waals surface area contributed by atoms with Crippen molar-refractivity contribution in [3.8, 4) is 5.75 Å². The van der Waals surface area contributed by atoms with E-state index in [0.717, 1.165) is 16.7 Å². The van der Waals surface area contributed by atoms with Gasteiger partial charge in [0.1, 0.15) is 13.6 Å². The first-order valence-electron chi connectivity index (χ1n) is 3.93. The molecule has 2 rings (SSSR count). The molecule has 0 saturated carbocycles. The number of hydrogen-bond acceptors (Lipinski definition) is 1. The summed E-state index contributed by atoms with van der Waals surface area (Å²) < 4.78 is 5.22. The Hall–Kier alpha value is -1.38. The summed E-state index contributed by atoms with van der Waals surface area (Å²) in [7, 11) is 3.77. The predicted molar refractivity (Wildman–Crippen MR) is 53.0 cm³/mol. The van der Waals surface area contributed by atoms with Gasteiger partial charge in [-0.05, 0) is 12.1 Å². The van der Waals surface area contributed by atoms with Gasteiger partial charge in [0.05, 0.1) is 7.11 Å². The van der Waals surface area contributed by atoms with Crippen LogP contribution < -0.4 is 10.2 Å². The van der Waals surface area contributed by atoms with Crippen molar-refractivity contribution >= 4 is 24.2 Å². The average molecular weight is 159 g/mol. The molecule has 0 aliphatic heterocycles. The molecular formula is C9H10BNO. The molecule has 0 fully saturated rings. The van der Waals surface area contributed by atoms with Crippen LogP contribution in [0.2, 0.25) is 0 Å². The van der Waals surface area contributed by atoms with Crippen molar-refractivity contribution in [2.24, 2.45) is 0 Å². The molecule has 0 aliphatic rings. The molecule has 0 bridgehead atoms. The molecule has 0 spiro atoms. The predicted octanol–water partition coefficient (Wildman–Crippen LogP) is 0.435. The third kappa shape index (κ3) is 0.898. The largest absolute Gasteiger partial charge is 0.496 e. The minimum absolute atomic E-state index is 0.928. The molecule has 60 valence electrons. The van der Waals surface area contributed by atoms with E-state index in [2.05, 4.69) is 18.9 Å². The summed E-state index contributed by atoms with van der Waals surface area (Å²) in [5.41, 5.74) is 2.41. The molecule has 0 aliphatic carbocycles. The highest BCUT2D eigenvalue weighted by molar-refractivity contribution is 6.38.